The van der Waals surface area contributed by atoms with Crippen LogP contribution in [-0.2, 0) is 14.3 Å². The Morgan fingerprint density at radius 1 is 1.28 bits per heavy atom. The number of carbonyl (C=O) groups excluding carboxylic acids is 2. The molecule has 2 N–H and O–H groups in total. The highest BCUT2D eigenvalue weighted by atomic mass is 16.6. The lowest BCUT2D eigenvalue weighted by molar-refractivity contribution is -0.422. The van der Waals surface area contributed by atoms with Crippen molar-refractivity contribution in [2.45, 2.75) is 45.0 Å². The quantitative estimate of drug-likeness (QED) is 0.649. The summed E-state index contributed by atoms with van der Waals surface area (Å²) in [7, 11) is 0. The summed E-state index contributed by atoms with van der Waals surface area (Å²) >= 11 is 0. The predicted molar refractivity (Wildman–Crippen MR) is 88.2 cm³/mol. The van der Waals surface area contributed by atoms with Crippen molar-refractivity contribution in [3.8, 4) is 0 Å². The minimum atomic E-state index is -1.94. The van der Waals surface area contributed by atoms with Crippen LogP contribution in [0.2, 0.25) is 0 Å². The summed E-state index contributed by atoms with van der Waals surface area (Å²) in [5.41, 5.74) is -2.14. The lowest BCUT2D eigenvalue weighted by Crippen LogP contribution is -2.82. The Labute approximate surface area is 146 Å². The van der Waals surface area contributed by atoms with Crippen LogP contribution in [0.3, 0.4) is 0 Å². The van der Waals surface area contributed by atoms with Crippen molar-refractivity contribution in [3.05, 3.63) is 24.3 Å². The zero-order chi connectivity index (χ0) is 18.0. The number of hydrogen-bond acceptors (Lipinski definition) is 5. The first kappa shape index (κ1) is 15.9. The number of carbonyl (C=O) groups is 2. The zero-order valence-corrected chi connectivity index (χ0v) is 14.6. The van der Waals surface area contributed by atoms with E-state index >= 15 is 0 Å². The van der Waals surface area contributed by atoms with Crippen molar-refractivity contribution in [3.63, 3.8) is 0 Å². The molecule has 0 radical (unpaired) electrons. The molecule has 2 aliphatic heterocycles. The van der Waals surface area contributed by atoms with Gasteiger partial charge >= 0.3 is 0 Å². The van der Waals surface area contributed by atoms with Crippen molar-refractivity contribution in [2.75, 3.05) is 6.61 Å². The number of fused-ring (bicyclic) bond motifs is 2. The Kier molecular flexibility index (Phi) is 2.65. The molecule has 0 aromatic heterocycles. The van der Waals surface area contributed by atoms with Gasteiger partial charge in [-0.25, -0.2) is 0 Å². The van der Waals surface area contributed by atoms with E-state index in [0.717, 1.165) is 6.42 Å². The molecular weight excluding hydrogens is 320 g/mol. The van der Waals surface area contributed by atoms with E-state index in [-0.39, 0.29) is 30.0 Å². The number of allylic oxidation sites excluding steroid dienone is 3. The minimum absolute atomic E-state index is 0.0139. The van der Waals surface area contributed by atoms with Gasteiger partial charge in [-0.05, 0) is 48.2 Å². The summed E-state index contributed by atoms with van der Waals surface area (Å²) in [4.78, 5) is 26.4. The fraction of sp³-hybridized carbons (Fsp3) is 0.700. The highest BCUT2D eigenvalue weighted by molar-refractivity contribution is 6.06. The van der Waals surface area contributed by atoms with Gasteiger partial charge in [0.05, 0.1) is 17.4 Å². The van der Waals surface area contributed by atoms with Gasteiger partial charge in [-0.3, -0.25) is 9.59 Å². The Hall–Kier alpha value is -1.30. The normalized spacial score (nSPS) is 55.3. The fourth-order valence-corrected chi connectivity index (χ4v) is 7.16. The molecule has 3 saturated carbocycles. The molecule has 4 bridgehead atoms. The van der Waals surface area contributed by atoms with Crippen molar-refractivity contribution >= 4 is 11.6 Å². The molecule has 5 nitrogen and oxygen atoms in total. The second-order valence-electron chi connectivity index (χ2n) is 9.32. The van der Waals surface area contributed by atoms with Gasteiger partial charge in [0, 0.05) is 5.92 Å². The molecule has 25 heavy (non-hydrogen) atoms. The van der Waals surface area contributed by atoms with E-state index < -0.39 is 34.1 Å². The van der Waals surface area contributed by atoms with E-state index in [2.05, 4.69) is 6.58 Å². The average molecular weight is 344 g/mol. The van der Waals surface area contributed by atoms with Crippen LogP contribution in [0.5, 0.6) is 0 Å². The summed E-state index contributed by atoms with van der Waals surface area (Å²) in [6, 6.07) is 0. The monoisotopic (exact) mass is 344 g/mol. The number of aliphatic hydroxyl groups is 2. The highest BCUT2D eigenvalue weighted by Crippen LogP contribution is 2.75. The number of aliphatic hydroxyl groups excluding tert-OH is 1. The molecule has 2 heterocycles. The SMILES string of the molecule is C=C1C(=O)[C@]23C[C@H]1CC[C@H]2[C@@]12COC3(O)[C@@H](O)[C@@H]1C(C)(C)C=CC2=O. The van der Waals surface area contributed by atoms with Crippen LogP contribution < -0.4 is 0 Å². The van der Waals surface area contributed by atoms with Crippen molar-refractivity contribution in [1.29, 1.82) is 0 Å². The first-order chi connectivity index (χ1) is 11.6. The third-order valence-corrected chi connectivity index (χ3v) is 8.14. The summed E-state index contributed by atoms with van der Waals surface area (Å²) < 4.78 is 5.80. The first-order valence-corrected chi connectivity index (χ1v) is 9.14. The summed E-state index contributed by atoms with van der Waals surface area (Å²) in [6.45, 7) is 7.97. The maximum Gasteiger partial charge on any atom is 0.205 e. The minimum Gasteiger partial charge on any atom is -0.387 e. The number of rotatable bonds is 0. The Bertz CT molecular complexity index is 766. The summed E-state index contributed by atoms with van der Waals surface area (Å²) in [5, 5.41) is 22.7. The molecule has 1 unspecified atom stereocenters. The highest BCUT2D eigenvalue weighted by Gasteiger charge is 2.84. The maximum absolute atomic E-state index is 13.2. The average Bonchev–Trinajstić information content (AvgIpc) is 2.75. The van der Waals surface area contributed by atoms with Gasteiger partial charge in [-0.2, -0.15) is 0 Å². The number of ether oxygens (including phenoxy) is 1. The first-order valence-electron chi connectivity index (χ1n) is 9.14. The van der Waals surface area contributed by atoms with Crippen LogP contribution in [0, 0.1) is 34.0 Å². The molecule has 5 heteroatoms. The van der Waals surface area contributed by atoms with Crippen LogP contribution >= 0.6 is 0 Å². The molecule has 134 valence electrons. The van der Waals surface area contributed by atoms with E-state index in [9.17, 15) is 19.8 Å². The van der Waals surface area contributed by atoms with Gasteiger partial charge in [0.1, 0.15) is 6.10 Å². The molecule has 2 saturated heterocycles. The Balaban J connectivity index is 1.82. The van der Waals surface area contributed by atoms with Crippen LogP contribution in [0.4, 0.5) is 0 Å². The van der Waals surface area contributed by atoms with Gasteiger partial charge in [0.15, 0.2) is 11.6 Å². The van der Waals surface area contributed by atoms with Crippen molar-refractivity contribution < 1.29 is 24.5 Å². The fourth-order valence-electron chi connectivity index (χ4n) is 7.16. The van der Waals surface area contributed by atoms with Gasteiger partial charge in [0.2, 0.25) is 5.79 Å². The van der Waals surface area contributed by atoms with Crippen LogP contribution in [-0.4, -0.2) is 40.3 Å². The Morgan fingerprint density at radius 2 is 2.00 bits per heavy atom. The second-order valence-corrected chi connectivity index (χ2v) is 9.32. The van der Waals surface area contributed by atoms with Gasteiger partial charge in [0.25, 0.3) is 0 Å². The largest absolute Gasteiger partial charge is 0.387 e. The number of Topliss-reactive ketones (excluding diaryl/α,β-unsaturated/α-hetero) is 1. The molecular formula is C20H24O5. The van der Waals surface area contributed by atoms with E-state index in [1.807, 2.05) is 19.9 Å². The van der Waals surface area contributed by atoms with E-state index in [1.54, 1.807) is 6.08 Å². The van der Waals surface area contributed by atoms with Crippen LogP contribution in [0.25, 0.3) is 0 Å². The molecule has 0 amide bonds. The topological polar surface area (TPSA) is 83.8 Å². The third-order valence-electron chi connectivity index (χ3n) is 8.14. The van der Waals surface area contributed by atoms with Crippen molar-refractivity contribution in [1.82, 2.24) is 0 Å². The summed E-state index contributed by atoms with van der Waals surface area (Å²) in [5.74, 6) is -3.00. The van der Waals surface area contributed by atoms with Crippen molar-refractivity contribution in [2.24, 2.45) is 34.0 Å². The molecule has 4 aliphatic carbocycles. The molecule has 0 aromatic rings. The second kappa shape index (κ2) is 4.16. The van der Waals surface area contributed by atoms with Gasteiger partial charge in [-0.1, -0.05) is 26.5 Å². The Morgan fingerprint density at radius 3 is 2.72 bits per heavy atom. The number of ketones is 2. The lowest BCUT2D eigenvalue weighted by Gasteiger charge is -2.71. The number of hydrogen-bond donors (Lipinski definition) is 2. The van der Waals surface area contributed by atoms with Gasteiger partial charge in [-0.15, -0.1) is 0 Å². The van der Waals surface area contributed by atoms with E-state index in [0.29, 0.717) is 18.4 Å². The third kappa shape index (κ3) is 1.36. The molecule has 5 fully saturated rings. The zero-order valence-electron chi connectivity index (χ0n) is 14.6. The predicted octanol–water partition coefficient (Wildman–Crippen LogP) is 1.39. The maximum atomic E-state index is 13.2. The van der Waals surface area contributed by atoms with Crippen LogP contribution in [0.1, 0.15) is 33.1 Å². The van der Waals surface area contributed by atoms with Gasteiger partial charge < -0.3 is 14.9 Å². The molecule has 7 atom stereocenters. The van der Waals surface area contributed by atoms with E-state index in [4.69, 9.17) is 4.74 Å². The standard InChI is InChI=1S/C20H24O5/c1-10-11-4-5-12-18-9-25-20(24,19(12,8-11)15(10)22)16(23)14(18)17(2,3)7-6-13(18)21/h6-7,11-12,14,16,23-24H,1,4-5,8-9H2,2-3H3/t11-,12+,14-,16+,18-,19+,20?/m1/s1. The lowest BCUT2D eigenvalue weighted by atomic mass is 9.37. The molecule has 6 aliphatic rings. The molecule has 2 spiro atoms. The summed E-state index contributed by atoms with van der Waals surface area (Å²) in [6.07, 6.45) is 4.04. The molecule has 0 aromatic carbocycles. The molecule has 6 rings (SSSR count). The van der Waals surface area contributed by atoms with E-state index in [1.165, 1.54) is 0 Å². The van der Waals surface area contributed by atoms with Crippen LogP contribution in [0.15, 0.2) is 24.3 Å². The smallest absolute Gasteiger partial charge is 0.205 e.